The normalized spacial score (nSPS) is 36.0. The maximum atomic E-state index is 10.5. The molecule has 3 atom stereocenters. The Labute approximate surface area is 125 Å². The number of aliphatic hydroxyl groups excluding tert-OH is 1. The van der Waals surface area contributed by atoms with Crippen LogP contribution in [0.15, 0.2) is 0 Å². The summed E-state index contributed by atoms with van der Waals surface area (Å²) in [6.07, 6.45) is 7.17. The van der Waals surface area contributed by atoms with E-state index in [9.17, 15) is 5.11 Å². The molecule has 2 rings (SSSR count). The molecular weight excluding hydrogens is 246 g/mol. The third kappa shape index (κ3) is 3.57. The topological polar surface area (TPSA) is 23.5 Å². The van der Waals surface area contributed by atoms with E-state index in [-0.39, 0.29) is 6.10 Å². The van der Waals surface area contributed by atoms with Gasteiger partial charge < -0.3 is 5.11 Å². The van der Waals surface area contributed by atoms with Gasteiger partial charge in [0, 0.05) is 6.04 Å². The van der Waals surface area contributed by atoms with E-state index in [1.807, 2.05) is 0 Å². The first-order valence-electron chi connectivity index (χ1n) is 8.67. The first-order valence-corrected chi connectivity index (χ1v) is 8.67. The lowest BCUT2D eigenvalue weighted by Gasteiger charge is -2.48. The van der Waals surface area contributed by atoms with Gasteiger partial charge in [-0.1, -0.05) is 41.0 Å². The van der Waals surface area contributed by atoms with E-state index in [1.165, 1.54) is 45.2 Å². The Kier molecular flexibility index (Phi) is 4.86. The van der Waals surface area contributed by atoms with Gasteiger partial charge in [-0.15, -0.1) is 0 Å². The highest BCUT2D eigenvalue weighted by molar-refractivity contribution is 4.93. The van der Waals surface area contributed by atoms with Crippen molar-refractivity contribution in [2.45, 2.75) is 85.3 Å². The molecule has 2 aliphatic rings. The lowest BCUT2D eigenvalue weighted by atomic mass is 9.69. The van der Waals surface area contributed by atoms with Crippen molar-refractivity contribution in [1.29, 1.82) is 0 Å². The molecule has 2 heteroatoms. The minimum absolute atomic E-state index is 0.0976. The molecule has 0 aromatic rings. The molecule has 2 nitrogen and oxygen atoms in total. The highest BCUT2D eigenvalue weighted by Crippen LogP contribution is 2.41. The summed E-state index contributed by atoms with van der Waals surface area (Å²) in [5.41, 5.74) is 0.922. The number of hydrogen-bond donors (Lipinski definition) is 1. The fourth-order valence-electron chi connectivity index (χ4n) is 4.06. The Balaban J connectivity index is 1.97. The van der Waals surface area contributed by atoms with E-state index in [0.717, 1.165) is 12.3 Å². The average Bonchev–Trinajstić information content (AvgIpc) is 2.39. The third-order valence-corrected chi connectivity index (χ3v) is 6.33. The standard InChI is InChI=1S/C18H35NO/c1-6-18(5)9-11-19(12-10-18)15-13-14(17(2,3)4)7-8-16(15)20/h14-16,20H,6-13H2,1-5H3. The fraction of sp³-hybridized carbons (Fsp3) is 1.00. The van der Waals surface area contributed by atoms with E-state index in [1.54, 1.807) is 0 Å². The molecular formula is C18H35NO. The Morgan fingerprint density at radius 2 is 1.75 bits per heavy atom. The molecule has 2 fully saturated rings. The zero-order chi connectivity index (χ0) is 15.0. The Morgan fingerprint density at radius 1 is 1.15 bits per heavy atom. The van der Waals surface area contributed by atoms with Crippen molar-refractivity contribution in [2.24, 2.45) is 16.7 Å². The van der Waals surface area contributed by atoms with Crippen molar-refractivity contribution in [3.63, 3.8) is 0 Å². The summed E-state index contributed by atoms with van der Waals surface area (Å²) in [5, 5.41) is 10.5. The molecule has 1 heterocycles. The van der Waals surface area contributed by atoms with Gasteiger partial charge in [0.05, 0.1) is 6.10 Å². The van der Waals surface area contributed by atoms with Gasteiger partial charge in [-0.2, -0.15) is 0 Å². The first-order chi connectivity index (χ1) is 9.25. The summed E-state index contributed by atoms with van der Waals surface area (Å²) in [7, 11) is 0. The van der Waals surface area contributed by atoms with Crippen molar-refractivity contribution in [3.8, 4) is 0 Å². The van der Waals surface area contributed by atoms with Crippen LogP contribution in [0.1, 0.15) is 73.1 Å². The molecule has 0 bridgehead atoms. The van der Waals surface area contributed by atoms with Crippen molar-refractivity contribution in [3.05, 3.63) is 0 Å². The van der Waals surface area contributed by atoms with E-state index >= 15 is 0 Å². The van der Waals surface area contributed by atoms with Crippen molar-refractivity contribution < 1.29 is 5.11 Å². The Hall–Kier alpha value is -0.0800. The van der Waals surface area contributed by atoms with Crippen LogP contribution in [0, 0.1) is 16.7 Å². The lowest BCUT2D eigenvalue weighted by molar-refractivity contribution is -0.0375. The van der Waals surface area contributed by atoms with E-state index < -0.39 is 0 Å². The van der Waals surface area contributed by atoms with Crippen LogP contribution >= 0.6 is 0 Å². The average molecular weight is 281 g/mol. The molecule has 0 radical (unpaired) electrons. The molecule has 0 aromatic heterocycles. The van der Waals surface area contributed by atoms with Crippen LogP contribution in [0.5, 0.6) is 0 Å². The van der Waals surface area contributed by atoms with Gasteiger partial charge in [-0.25, -0.2) is 0 Å². The molecule has 118 valence electrons. The number of rotatable bonds is 2. The van der Waals surface area contributed by atoms with Crippen LogP contribution in [-0.2, 0) is 0 Å². The van der Waals surface area contributed by atoms with Crippen LogP contribution < -0.4 is 0 Å². The second kappa shape index (κ2) is 5.96. The number of aliphatic hydroxyl groups is 1. The largest absolute Gasteiger partial charge is 0.391 e. The lowest BCUT2D eigenvalue weighted by Crippen LogP contribution is -2.52. The van der Waals surface area contributed by atoms with Crippen molar-refractivity contribution >= 4 is 0 Å². The molecule has 1 aliphatic heterocycles. The number of hydrogen-bond acceptors (Lipinski definition) is 2. The fourth-order valence-corrected chi connectivity index (χ4v) is 4.06. The monoisotopic (exact) mass is 281 g/mol. The molecule has 3 unspecified atom stereocenters. The minimum Gasteiger partial charge on any atom is -0.391 e. The first kappa shape index (κ1) is 16.3. The summed E-state index contributed by atoms with van der Waals surface area (Å²) in [6, 6.07) is 0.411. The van der Waals surface area contributed by atoms with Crippen LogP contribution in [-0.4, -0.2) is 35.2 Å². The molecule has 20 heavy (non-hydrogen) atoms. The van der Waals surface area contributed by atoms with Gasteiger partial charge in [0.1, 0.15) is 0 Å². The summed E-state index contributed by atoms with van der Waals surface area (Å²) in [5.74, 6) is 0.760. The number of piperidine rings is 1. The molecule has 0 aromatic carbocycles. The van der Waals surface area contributed by atoms with Crippen molar-refractivity contribution in [2.75, 3.05) is 13.1 Å². The molecule has 1 aliphatic carbocycles. The summed E-state index contributed by atoms with van der Waals surface area (Å²) in [4.78, 5) is 2.60. The second-order valence-corrected chi connectivity index (χ2v) is 8.71. The van der Waals surface area contributed by atoms with Crippen LogP contribution in [0.2, 0.25) is 0 Å². The SMILES string of the molecule is CCC1(C)CCN(C2CC(C(C)(C)C)CCC2O)CC1. The Morgan fingerprint density at radius 3 is 2.25 bits per heavy atom. The molecule has 1 saturated heterocycles. The molecule has 0 spiro atoms. The molecule has 1 saturated carbocycles. The zero-order valence-corrected chi connectivity index (χ0v) is 14.3. The predicted octanol–water partition coefficient (Wildman–Crippen LogP) is 4.07. The maximum Gasteiger partial charge on any atom is 0.0695 e. The zero-order valence-electron chi connectivity index (χ0n) is 14.3. The highest BCUT2D eigenvalue weighted by Gasteiger charge is 2.40. The van der Waals surface area contributed by atoms with Gasteiger partial charge in [-0.05, 0) is 61.9 Å². The number of nitrogens with zero attached hydrogens (tertiary/aromatic N) is 1. The van der Waals surface area contributed by atoms with Gasteiger partial charge >= 0.3 is 0 Å². The maximum absolute atomic E-state index is 10.5. The van der Waals surface area contributed by atoms with Crippen LogP contribution in [0.4, 0.5) is 0 Å². The minimum atomic E-state index is -0.0976. The quantitative estimate of drug-likeness (QED) is 0.824. The second-order valence-electron chi connectivity index (χ2n) is 8.71. The third-order valence-electron chi connectivity index (χ3n) is 6.33. The molecule has 1 N–H and O–H groups in total. The highest BCUT2D eigenvalue weighted by atomic mass is 16.3. The van der Waals surface area contributed by atoms with Crippen LogP contribution in [0.3, 0.4) is 0 Å². The number of likely N-dealkylation sites (tertiary alicyclic amines) is 1. The van der Waals surface area contributed by atoms with Gasteiger partial charge in [0.25, 0.3) is 0 Å². The van der Waals surface area contributed by atoms with Gasteiger partial charge in [0.15, 0.2) is 0 Å². The summed E-state index contributed by atoms with van der Waals surface area (Å²) < 4.78 is 0. The van der Waals surface area contributed by atoms with E-state index in [0.29, 0.717) is 16.9 Å². The van der Waals surface area contributed by atoms with E-state index in [4.69, 9.17) is 0 Å². The smallest absolute Gasteiger partial charge is 0.0695 e. The summed E-state index contributed by atoms with van der Waals surface area (Å²) >= 11 is 0. The van der Waals surface area contributed by atoms with Crippen LogP contribution in [0.25, 0.3) is 0 Å². The Bertz CT molecular complexity index is 312. The van der Waals surface area contributed by atoms with E-state index in [2.05, 4.69) is 39.5 Å². The predicted molar refractivity (Wildman–Crippen MR) is 85.8 cm³/mol. The van der Waals surface area contributed by atoms with Gasteiger partial charge in [0.2, 0.25) is 0 Å². The molecule has 0 amide bonds. The van der Waals surface area contributed by atoms with Crippen molar-refractivity contribution in [1.82, 2.24) is 4.90 Å². The van der Waals surface area contributed by atoms with Gasteiger partial charge in [-0.3, -0.25) is 4.90 Å². The summed E-state index contributed by atoms with van der Waals surface area (Å²) in [6.45, 7) is 14.2.